The van der Waals surface area contributed by atoms with E-state index in [0.29, 0.717) is 6.42 Å². The lowest BCUT2D eigenvalue weighted by Crippen LogP contribution is -2.14. The van der Waals surface area contributed by atoms with Gasteiger partial charge in [-0.3, -0.25) is 4.79 Å². The maximum atomic E-state index is 10.3. The molecule has 0 radical (unpaired) electrons. The fourth-order valence-electron chi connectivity index (χ4n) is 0.942. The normalized spacial score (nSPS) is 12.9. The van der Waals surface area contributed by atoms with Gasteiger partial charge in [-0.2, -0.15) is 0 Å². The summed E-state index contributed by atoms with van der Waals surface area (Å²) in [4.78, 5) is 10.3. The molecule has 1 atom stereocenters. The Bertz CT molecular complexity index is 113. The van der Waals surface area contributed by atoms with E-state index >= 15 is 0 Å². The molecule has 0 saturated heterocycles. The van der Waals surface area contributed by atoms with Gasteiger partial charge in [-0.05, 0) is 19.8 Å². The summed E-state index contributed by atoms with van der Waals surface area (Å²) in [6, 6.07) is 0.281. The van der Waals surface area contributed by atoms with Gasteiger partial charge in [-0.1, -0.05) is 12.8 Å². The number of nitrogens with two attached hydrogens (primary N) is 2. The van der Waals surface area contributed by atoms with Gasteiger partial charge in [0, 0.05) is 12.5 Å². The third-order valence-corrected chi connectivity index (χ3v) is 1.58. The molecule has 0 aliphatic carbocycles. The molecule has 1 amide bonds. The maximum absolute atomic E-state index is 10.3. The van der Waals surface area contributed by atoms with Crippen LogP contribution >= 0.6 is 0 Å². The minimum absolute atomic E-state index is 0.203. The second-order valence-corrected chi connectivity index (χ2v) is 3.04. The topological polar surface area (TPSA) is 69.1 Å². The molecular formula is C8H18N2O. The van der Waals surface area contributed by atoms with Crippen LogP contribution in [0.4, 0.5) is 0 Å². The molecule has 11 heavy (non-hydrogen) atoms. The zero-order chi connectivity index (χ0) is 8.69. The molecule has 0 aromatic heterocycles. The number of carbonyl (C=O) groups excluding carboxylic acids is 1. The Morgan fingerprint density at radius 1 is 1.36 bits per heavy atom. The summed E-state index contributed by atoms with van der Waals surface area (Å²) in [5, 5.41) is 0. The minimum Gasteiger partial charge on any atom is -0.370 e. The molecule has 0 bridgehead atoms. The van der Waals surface area contributed by atoms with Gasteiger partial charge in [0.15, 0.2) is 0 Å². The SMILES string of the molecule is CC(N)CCCCCC(N)=O. The Balaban J connectivity index is 2.97. The van der Waals surface area contributed by atoms with Crippen LogP contribution in [0.3, 0.4) is 0 Å². The molecule has 0 aliphatic rings. The van der Waals surface area contributed by atoms with E-state index in [4.69, 9.17) is 11.5 Å². The zero-order valence-corrected chi connectivity index (χ0v) is 7.18. The Labute approximate surface area is 68.1 Å². The minimum atomic E-state index is -0.203. The monoisotopic (exact) mass is 158 g/mol. The van der Waals surface area contributed by atoms with Crippen LogP contribution in [0, 0.1) is 0 Å². The lowest BCUT2D eigenvalue weighted by Gasteiger charge is -2.02. The summed E-state index contributed by atoms with van der Waals surface area (Å²) >= 11 is 0. The van der Waals surface area contributed by atoms with Gasteiger partial charge in [0.25, 0.3) is 0 Å². The van der Waals surface area contributed by atoms with Crippen molar-refractivity contribution < 1.29 is 4.79 Å². The van der Waals surface area contributed by atoms with E-state index in [1.807, 2.05) is 6.92 Å². The summed E-state index contributed by atoms with van der Waals surface area (Å²) in [5.41, 5.74) is 10.5. The highest BCUT2D eigenvalue weighted by Gasteiger charge is 1.96. The second kappa shape index (κ2) is 6.16. The number of hydrogen-bond donors (Lipinski definition) is 2. The van der Waals surface area contributed by atoms with E-state index in [0.717, 1.165) is 25.7 Å². The third-order valence-electron chi connectivity index (χ3n) is 1.58. The summed E-state index contributed by atoms with van der Waals surface area (Å²) in [7, 11) is 0. The quantitative estimate of drug-likeness (QED) is 0.560. The lowest BCUT2D eigenvalue weighted by atomic mass is 10.1. The van der Waals surface area contributed by atoms with E-state index in [2.05, 4.69) is 0 Å². The molecule has 3 heteroatoms. The predicted octanol–water partition coefficient (Wildman–Crippen LogP) is 0.769. The van der Waals surface area contributed by atoms with Gasteiger partial charge in [0.05, 0.1) is 0 Å². The van der Waals surface area contributed by atoms with Crippen LogP contribution in [0.5, 0.6) is 0 Å². The Morgan fingerprint density at radius 3 is 2.45 bits per heavy atom. The zero-order valence-electron chi connectivity index (χ0n) is 7.18. The van der Waals surface area contributed by atoms with Gasteiger partial charge in [0.1, 0.15) is 0 Å². The van der Waals surface area contributed by atoms with E-state index in [1.54, 1.807) is 0 Å². The molecule has 0 saturated carbocycles. The standard InChI is InChI=1S/C8H18N2O/c1-7(9)5-3-2-4-6-8(10)11/h7H,2-6,9H2,1H3,(H2,10,11). The number of unbranched alkanes of at least 4 members (excludes halogenated alkanes) is 2. The van der Waals surface area contributed by atoms with Crippen LogP contribution in [0.2, 0.25) is 0 Å². The van der Waals surface area contributed by atoms with Crippen molar-refractivity contribution in [2.24, 2.45) is 11.5 Å². The van der Waals surface area contributed by atoms with Crippen molar-refractivity contribution in [2.45, 2.75) is 45.1 Å². The molecular weight excluding hydrogens is 140 g/mol. The van der Waals surface area contributed by atoms with Crippen molar-refractivity contribution in [1.82, 2.24) is 0 Å². The number of hydrogen-bond acceptors (Lipinski definition) is 2. The van der Waals surface area contributed by atoms with Gasteiger partial charge in [-0.15, -0.1) is 0 Å². The molecule has 1 unspecified atom stereocenters. The summed E-state index contributed by atoms with van der Waals surface area (Å²) in [5.74, 6) is -0.203. The van der Waals surface area contributed by atoms with Gasteiger partial charge in [-0.25, -0.2) is 0 Å². The number of rotatable bonds is 6. The predicted molar refractivity (Wildman–Crippen MR) is 45.9 cm³/mol. The van der Waals surface area contributed by atoms with Crippen LogP contribution in [0.15, 0.2) is 0 Å². The molecule has 0 spiro atoms. The second-order valence-electron chi connectivity index (χ2n) is 3.04. The summed E-state index contributed by atoms with van der Waals surface area (Å²) in [6.45, 7) is 1.99. The van der Waals surface area contributed by atoms with Crippen LogP contribution < -0.4 is 11.5 Å². The molecule has 0 aliphatic heterocycles. The maximum Gasteiger partial charge on any atom is 0.217 e. The van der Waals surface area contributed by atoms with Crippen LogP contribution in [0.25, 0.3) is 0 Å². The van der Waals surface area contributed by atoms with Crippen molar-refractivity contribution in [1.29, 1.82) is 0 Å². The first-order chi connectivity index (χ1) is 5.13. The average Bonchev–Trinajstić information content (AvgIpc) is 1.85. The van der Waals surface area contributed by atoms with Crippen molar-refractivity contribution in [3.05, 3.63) is 0 Å². The highest BCUT2D eigenvalue weighted by molar-refractivity contribution is 5.73. The molecule has 0 aromatic carbocycles. The third kappa shape index (κ3) is 9.43. The summed E-state index contributed by atoms with van der Waals surface area (Å²) in [6.07, 6.45) is 4.62. The molecule has 0 aromatic rings. The average molecular weight is 158 g/mol. The van der Waals surface area contributed by atoms with Gasteiger partial charge in [0.2, 0.25) is 5.91 Å². The largest absolute Gasteiger partial charge is 0.370 e. The highest BCUT2D eigenvalue weighted by Crippen LogP contribution is 2.03. The van der Waals surface area contributed by atoms with E-state index in [9.17, 15) is 4.79 Å². The van der Waals surface area contributed by atoms with E-state index in [1.165, 1.54) is 0 Å². The molecule has 0 fully saturated rings. The molecule has 0 heterocycles. The first-order valence-corrected chi connectivity index (χ1v) is 4.17. The fraction of sp³-hybridized carbons (Fsp3) is 0.875. The summed E-state index contributed by atoms with van der Waals surface area (Å²) < 4.78 is 0. The Kier molecular flexibility index (Phi) is 5.84. The lowest BCUT2D eigenvalue weighted by molar-refractivity contribution is -0.118. The van der Waals surface area contributed by atoms with Crippen LogP contribution in [0.1, 0.15) is 39.0 Å². The number of amides is 1. The number of carbonyl (C=O) groups is 1. The van der Waals surface area contributed by atoms with E-state index < -0.39 is 0 Å². The molecule has 4 N–H and O–H groups in total. The van der Waals surface area contributed by atoms with Gasteiger partial charge >= 0.3 is 0 Å². The van der Waals surface area contributed by atoms with Crippen LogP contribution in [-0.4, -0.2) is 11.9 Å². The van der Waals surface area contributed by atoms with Crippen molar-refractivity contribution in [3.8, 4) is 0 Å². The fourth-order valence-corrected chi connectivity index (χ4v) is 0.942. The number of primary amides is 1. The first-order valence-electron chi connectivity index (χ1n) is 4.17. The van der Waals surface area contributed by atoms with E-state index in [-0.39, 0.29) is 11.9 Å². The van der Waals surface area contributed by atoms with Crippen molar-refractivity contribution in [3.63, 3.8) is 0 Å². The smallest absolute Gasteiger partial charge is 0.217 e. The Morgan fingerprint density at radius 2 is 2.00 bits per heavy atom. The molecule has 3 nitrogen and oxygen atoms in total. The van der Waals surface area contributed by atoms with Crippen LogP contribution in [-0.2, 0) is 4.79 Å². The van der Waals surface area contributed by atoms with Crippen molar-refractivity contribution in [2.75, 3.05) is 0 Å². The molecule has 0 rings (SSSR count). The highest BCUT2D eigenvalue weighted by atomic mass is 16.1. The first kappa shape index (κ1) is 10.4. The van der Waals surface area contributed by atoms with Crippen molar-refractivity contribution >= 4 is 5.91 Å². The molecule has 66 valence electrons. The van der Waals surface area contributed by atoms with Gasteiger partial charge < -0.3 is 11.5 Å². The Hall–Kier alpha value is -0.570.